The lowest BCUT2D eigenvalue weighted by molar-refractivity contribution is -0.384. The molecule has 0 amide bonds. The van der Waals surface area contributed by atoms with Gasteiger partial charge in [0.05, 0.1) is 4.92 Å². The molecule has 1 atom stereocenters. The Morgan fingerprint density at radius 2 is 1.45 bits per heavy atom. The minimum Gasteiger partial charge on any atom is -0.294 e. The summed E-state index contributed by atoms with van der Waals surface area (Å²) < 4.78 is 0. The van der Waals surface area contributed by atoms with Gasteiger partial charge in [0.2, 0.25) is 0 Å². The SMILES string of the molecule is Cc1ccc(C(=O)C[C@H](SCc2c(C)c(C)c(C)c(C)c2C)c2cccc([N+](=O)[O-])c2)cc1. The lowest BCUT2D eigenvalue weighted by Crippen LogP contribution is -2.08. The van der Waals surface area contributed by atoms with Gasteiger partial charge < -0.3 is 0 Å². The van der Waals surface area contributed by atoms with Crippen molar-refractivity contribution < 1.29 is 9.72 Å². The van der Waals surface area contributed by atoms with Crippen LogP contribution in [0.5, 0.6) is 0 Å². The molecule has 0 heterocycles. The van der Waals surface area contributed by atoms with Gasteiger partial charge in [-0.1, -0.05) is 42.0 Å². The molecule has 33 heavy (non-hydrogen) atoms. The molecule has 0 bridgehead atoms. The van der Waals surface area contributed by atoms with Crippen LogP contribution in [0.4, 0.5) is 5.69 Å². The van der Waals surface area contributed by atoms with Crippen LogP contribution in [0.25, 0.3) is 0 Å². The number of nitro benzene ring substituents is 1. The number of non-ortho nitro benzene ring substituents is 1. The number of aryl methyl sites for hydroxylation is 1. The summed E-state index contributed by atoms with van der Waals surface area (Å²) in [5.74, 6) is 0.789. The molecule has 0 aliphatic rings. The van der Waals surface area contributed by atoms with Gasteiger partial charge in [-0.15, -0.1) is 11.8 Å². The Balaban J connectivity index is 1.94. The van der Waals surface area contributed by atoms with Gasteiger partial charge in [-0.3, -0.25) is 14.9 Å². The second-order valence-electron chi connectivity index (χ2n) is 8.75. The molecule has 0 aliphatic heterocycles. The molecule has 0 aromatic heterocycles. The Labute approximate surface area is 200 Å². The van der Waals surface area contributed by atoms with Crippen LogP contribution >= 0.6 is 11.8 Å². The normalized spacial score (nSPS) is 11.9. The minimum atomic E-state index is -0.381. The highest BCUT2D eigenvalue weighted by Crippen LogP contribution is 2.39. The van der Waals surface area contributed by atoms with Crippen molar-refractivity contribution in [2.45, 2.75) is 59.0 Å². The van der Waals surface area contributed by atoms with Gasteiger partial charge in [-0.05, 0) is 80.5 Å². The molecule has 3 aromatic rings. The van der Waals surface area contributed by atoms with E-state index >= 15 is 0 Å². The first-order valence-electron chi connectivity index (χ1n) is 11.1. The summed E-state index contributed by atoms with van der Waals surface area (Å²) in [6.45, 7) is 12.8. The second kappa shape index (κ2) is 10.3. The molecule has 0 saturated heterocycles. The quantitative estimate of drug-likeness (QED) is 0.196. The molecule has 172 valence electrons. The number of rotatable bonds is 8. The third-order valence-corrected chi connectivity index (χ3v) is 8.08. The van der Waals surface area contributed by atoms with E-state index in [1.807, 2.05) is 37.3 Å². The maximum atomic E-state index is 13.1. The maximum absolute atomic E-state index is 13.1. The monoisotopic (exact) mass is 461 g/mol. The predicted molar refractivity (Wildman–Crippen MR) is 137 cm³/mol. The van der Waals surface area contributed by atoms with Crippen LogP contribution in [-0.4, -0.2) is 10.7 Å². The van der Waals surface area contributed by atoms with Crippen LogP contribution in [0.1, 0.15) is 66.5 Å². The summed E-state index contributed by atoms with van der Waals surface area (Å²) >= 11 is 1.68. The maximum Gasteiger partial charge on any atom is 0.269 e. The van der Waals surface area contributed by atoms with Crippen LogP contribution in [0.15, 0.2) is 48.5 Å². The minimum absolute atomic E-state index is 0.0451. The number of benzene rings is 3. The average molecular weight is 462 g/mol. The molecule has 3 aromatic carbocycles. The summed E-state index contributed by atoms with van der Waals surface area (Å²) in [6, 6.07) is 14.3. The van der Waals surface area contributed by atoms with Crippen molar-refractivity contribution >= 4 is 23.2 Å². The number of nitro groups is 1. The van der Waals surface area contributed by atoms with Gasteiger partial charge in [-0.25, -0.2) is 0 Å². The first kappa shape index (κ1) is 24.7. The van der Waals surface area contributed by atoms with Crippen molar-refractivity contribution in [1.82, 2.24) is 0 Å². The highest BCUT2D eigenvalue weighted by Gasteiger charge is 2.22. The standard InChI is InChI=1S/C28H31NO3S/c1-17-10-12-23(13-11-17)27(30)15-28(24-8-7-9-25(14-24)29(31)32)33-16-26-21(5)19(3)18(2)20(4)22(26)6/h7-14,28H,15-16H2,1-6H3/t28-/m0/s1. The van der Waals surface area contributed by atoms with E-state index in [-0.39, 0.29) is 28.1 Å². The fraction of sp³-hybridized carbons (Fsp3) is 0.321. The van der Waals surface area contributed by atoms with Crippen molar-refractivity contribution in [3.63, 3.8) is 0 Å². The Bertz CT molecular complexity index is 1170. The van der Waals surface area contributed by atoms with E-state index in [2.05, 4.69) is 34.6 Å². The number of Topliss-reactive ketones (excluding diaryl/α,β-unsaturated/α-hetero) is 1. The van der Waals surface area contributed by atoms with Crippen molar-refractivity contribution in [2.75, 3.05) is 0 Å². The summed E-state index contributed by atoms with van der Waals surface area (Å²) in [6.07, 6.45) is 0.289. The van der Waals surface area contributed by atoms with E-state index in [1.54, 1.807) is 23.9 Å². The smallest absolute Gasteiger partial charge is 0.269 e. The first-order valence-corrected chi connectivity index (χ1v) is 12.2. The molecule has 0 N–H and O–H groups in total. The summed E-state index contributed by atoms with van der Waals surface area (Å²) in [5.41, 5.74) is 10.4. The van der Waals surface area contributed by atoms with E-state index < -0.39 is 0 Å². The zero-order chi connectivity index (χ0) is 24.3. The van der Waals surface area contributed by atoms with E-state index in [9.17, 15) is 14.9 Å². The molecule has 5 heteroatoms. The molecule has 4 nitrogen and oxygen atoms in total. The lowest BCUT2D eigenvalue weighted by atomic mass is 9.90. The molecule has 3 rings (SSSR count). The van der Waals surface area contributed by atoms with Crippen molar-refractivity contribution in [3.8, 4) is 0 Å². The molecule has 0 saturated carbocycles. The number of hydrogen-bond acceptors (Lipinski definition) is 4. The Morgan fingerprint density at radius 1 is 0.879 bits per heavy atom. The number of nitrogens with zero attached hydrogens (tertiary/aromatic N) is 1. The molecular weight excluding hydrogens is 430 g/mol. The molecular formula is C28H31NO3S. The van der Waals surface area contributed by atoms with Crippen LogP contribution in [0.2, 0.25) is 0 Å². The molecule has 0 aliphatic carbocycles. The topological polar surface area (TPSA) is 60.2 Å². The average Bonchev–Trinajstić information content (AvgIpc) is 2.81. The third-order valence-electron chi connectivity index (χ3n) is 6.78. The van der Waals surface area contributed by atoms with Crippen molar-refractivity contribution in [2.24, 2.45) is 0 Å². The number of carbonyl (C=O) groups excluding carboxylic acids is 1. The van der Waals surface area contributed by atoms with Crippen LogP contribution < -0.4 is 0 Å². The largest absolute Gasteiger partial charge is 0.294 e. The second-order valence-corrected chi connectivity index (χ2v) is 9.94. The molecule has 0 radical (unpaired) electrons. The summed E-state index contributed by atoms with van der Waals surface area (Å²) in [5, 5.41) is 11.2. The van der Waals surface area contributed by atoms with Crippen molar-refractivity contribution in [1.29, 1.82) is 0 Å². The van der Waals surface area contributed by atoms with Gasteiger partial charge in [0.1, 0.15) is 0 Å². The fourth-order valence-corrected chi connectivity index (χ4v) is 5.52. The predicted octanol–water partition coefficient (Wildman–Crippen LogP) is 7.69. The number of thioether (sulfide) groups is 1. The van der Waals surface area contributed by atoms with Gasteiger partial charge in [-0.2, -0.15) is 0 Å². The summed E-state index contributed by atoms with van der Waals surface area (Å²) in [7, 11) is 0. The van der Waals surface area contributed by atoms with Gasteiger partial charge in [0.15, 0.2) is 5.78 Å². The first-order chi connectivity index (χ1) is 15.6. The van der Waals surface area contributed by atoms with Gasteiger partial charge in [0.25, 0.3) is 5.69 Å². The number of ketones is 1. The molecule has 0 spiro atoms. The third kappa shape index (κ3) is 5.53. The van der Waals surface area contributed by atoms with E-state index in [1.165, 1.54) is 39.4 Å². The Kier molecular flexibility index (Phi) is 7.75. The molecule has 0 unspecified atom stereocenters. The Hall–Kier alpha value is -2.92. The Morgan fingerprint density at radius 3 is 2.03 bits per heavy atom. The van der Waals surface area contributed by atoms with Crippen LogP contribution in [0.3, 0.4) is 0 Å². The highest BCUT2D eigenvalue weighted by molar-refractivity contribution is 7.98. The highest BCUT2D eigenvalue weighted by atomic mass is 32.2. The number of carbonyl (C=O) groups is 1. The fourth-order valence-electron chi connectivity index (χ4n) is 4.12. The molecule has 0 fully saturated rings. The van der Waals surface area contributed by atoms with E-state index in [4.69, 9.17) is 0 Å². The van der Waals surface area contributed by atoms with Crippen molar-refractivity contribution in [3.05, 3.63) is 109 Å². The van der Waals surface area contributed by atoms with E-state index in [0.29, 0.717) is 5.56 Å². The van der Waals surface area contributed by atoms with Gasteiger partial charge in [0, 0.05) is 35.1 Å². The zero-order valence-corrected chi connectivity index (χ0v) is 21.0. The van der Waals surface area contributed by atoms with E-state index in [0.717, 1.165) is 16.9 Å². The lowest BCUT2D eigenvalue weighted by Gasteiger charge is -2.21. The zero-order valence-electron chi connectivity index (χ0n) is 20.2. The van der Waals surface area contributed by atoms with Crippen LogP contribution in [-0.2, 0) is 5.75 Å². The van der Waals surface area contributed by atoms with Gasteiger partial charge >= 0.3 is 0 Å². The number of hydrogen-bond donors (Lipinski definition) is 0. The van der Waals surface area contributed by atoms with Crippen LogP contribution in [0, 0.1) is 51.7 Å². The summed E-state index contributed by atoms with van der Waals surface area (Å²) in [4.78, 5) is 24.1.